The molecular weight excluding hydrogens is 693 g/mol. The van der Waals surface area contributed by atoms with Gasteiger partial charge >= 0.3 is 0 Å². The standard InChI is InChI=1S/C54H42N2O/c1-53(2)26-27-54(3,4)45-31-47-42(30-44(45)53)41-29-43-49(32-48(41)56(47)36-13-6-5-7-14-36)55(46-25-21-34-12-8-9-15-38(34)52(43)46)37-22-18-33(19-23-37)35-20-24-40-39-16-10-11-17-50(39)57-51(40)28-35/h5-25,28-32H,26-27H2,1-4H3. The first kappa shape index (κ1) is 32.6. The molecule has 0 unspecified atom stereocenters. The van der Waals surface area contributed by atoms with E-state index in [0.717, 1.165) is 38.8 Å². The lowest BCUT2D eigenvalue weighted by molar-refractivity contribution is 0.332. The Kier molecular flexibility index (Phi) is 6.58. The zero-order valence-electron chi connectivity index (χ0n) is 32.7. The van der Waals surface area contributed by atoms with Gasteiger partial charge in [0.15, 0.2) is 0 Å². The number of para-hydroxylation sites is 2. The van der Waals surface area contributed by atoms with Crippen LogP contribution in [0.25, 0.3) is 98.8 Å². The van der Waals surface area contributed by atoms with Crippen LogP contribution in [0, 0.1) is 0 Å². The van der Waals surface area contributed by atoms with Gasteiger partial charge < -0.3 is 13.6 Å². The molecule has 0 atom stereocenters. The van der Waals surface area contributed by atoms with E-state index >= 15 is 0 Å². The summed E-state index contributed by atoms with van der Waals surface area (Å²) in [5.41, 5.74) is 14.6. The van der Waals surface area contributed by atoms with Crippen molar-refractivity contribution in [2.45, 2.75) is 51.4 Å². The molecule has 0 radical (unpaired) electrons. The maximum Gasteiger partial charge on any atom is 0.136 e. The van der Waals surface area contributed by atoms with Crippen LogP contribution < -0.4 is 0 Å². The molecule has 274 valence electrons. The van der Waals surface area contributed by atoms with Crippen molar-refractivity contribution in [3.8, 4) is 22.5 Å². The molecule has 0 saturated carbocycles. The predicted octanol–water partition coefficient (Wildman–Crippen LogP) is 14.9. The summed E-state index contributed by atoms with van der Waals surface area (Å²) < 4.78 is 11.3. The van der Waals surface area contributed by atoms with Crippen LogP contribution in [0.3, 0.4) is 0 Å². The highest BCUT2D eigenvalue weighted by molar-refractivity contribution is 6.25. The zero-order valence-corrected chi connectivity index (χ0v) is 32.7. The summed E-state index contributed by atoms with van der Waals surface area (Å²) in [4.78, 5) is 0. The number of fused-ring (bicyclic) bond motifs is 12. The van der Waals surface area contributed by atoms with Gasteiger partial charge in [0, 0.05) is 43.7 Å². The van der Waals surface area contributed by atoms with E-state index in [9.17, 15) is 0 Å². The number of hydrogen-bond acceptors (Lipinski definition) is 1. The minimum atomic E-state index is 0.109. The molecule has 0 saturated heterocycles. The molecule has 0 spiro atoms. The zero-order chi connectivity index (χ0) is 38.2. The minimum Gasteiger partial charge on any atom is -0.456 e. The summed E-state index contributed by atoms with van der Waals surface area (Å²) in [5.74, 6) is 0. The maximum atomic E-state index is 6.27. The Labute approximate surface area is 331 Å². The van der Waals surface area contributed by atoms with Crippen LogP contribution in [0.2, 0.25) is 0 Å². The normalized spacial score (nSPS) is 15.2. The van der Waals surface area contributed by atoms with Gasteiger partial charge in [0.05, 0.1) is 22.1 Å². The Morgan fingerprint density at radius 2 is 1.00 bits per heavy atom. The molecule has 11 aromatic rings. The predicted molar refractivity (Wildman–Crippen MR) is 241 cm³/mol. The maximum absolute atomic E-state index is 6.27. The van der Waals surface area contributed by atoms with Gasteiger partial charge in [-0.15, -0.1) is 0 Å². The molecule has 0 aliphatic heterocycles. The van der Waals surface area contributed by atoms with Gasteiger partial charge in [-0.3, -0.25) is 0 Å². The van der Waals surface area contributed by atoms with Crippen molar-refractivity contribution in [2.75, 3.05) is 0 Å². The highest BCUT2D eigenvalue weighted by Crippen LogP contribution is 2.49. The molecule has 12 rings (SSSR count). The van der Waals surface area contributed by atoms with E-state index in [1.807, 2.05) is 12.1 Å². The summed E-state index contributed by atoms with van der Waals surface area (Å²) in [6, 6.07) is 58.4. The molecule has 57 heavy (non-hydrogen) atoms. The molecule has 0 bridgehead atoms. The van der Waals surface area contributed by atoms with Gasteiger partial charge in [0.25, 0.3) is 0 Å². The average molecular weight is 735 g/mol. The first-order valence-electron chi connectivity index (χ1n) is 20.3. The quantitative estimate of drug-likeness (QED) is 0.177. The number of nitrogens with zero attached hydrogens (tertiary/aromatic N) is 2. The van der Waals surface area contributed by atoms with Crippen LogP contribution in [0.15, 0.2) is 162 Å². The van der Waals surface area contributed by atoms with Crippen LogP contribution in [-0.2, 0) is 10.8 Å². The Morgan fingerprint density at radius 3 is 1.81 bits per heavy atom. The van der Waals surface area contributed by atoms with E-state index in [-0.39, 0.29) is 10.8 Å². The number of aromatic nitrogens is 2. The van der Waals surface area contributed by atoms with Gasteiger partial charge in [0.1, 0.15) is 11.2 Å². The summed E-state index contributed by atoms with van der Waals surface area (Å²) >= 11 is 0. The smallest absolute Gasteiger partial charge is 0.136 e. The second-order valence-electron chi connectivity index (χ2n) is 17.6. The van der Waals surface area contributed by atoms with Gasteiger partial charge in [-0.05, 0) is 129 Å². The molecule has 3 aromatic heterocycles. The third kappa shape index (κ3) is 4.66. The van der Waals surface area contributed by atoms with Gasteiger partial charge in [-0.1, -0.05) is 113 Å². The third-order valence-corrected chi connectivity index (χ3v) is 13.4. The molecule has 0 amide bonds. The molecule has 3 heterocycles. The molecular formula is C54H42N2O. The lowest BCUT2D eigenvalue weighted by atomic mass is 9.63. The summed E-state index contributed by atoms with van der Waals surface area (Å²) in [6.07, 6.45) is 2.37. The second kappa shape index (κ2) is 11.5. The van der Waals surface area contributed by atoms with Gasteiger partial charge in [-0.25, -0.2) is 0 Å². The molecule has 8 aromatic carbocycles. The van der Waals surface area contributed by atoms with E-state index in [1.165, 1.54) is 84.0 Å². The van der Waals surface area contributed by atoms with E-state index in [2.05, 4.69) is 182 Å². The summed E-state index contributed by atoms with van der Waals surface area (Å²) in [7, 11) is 0. The topological polar surface area (TPSA) is 23.0 Å². The fourth-order valence-electron chi connectivity index (χ4n) is 10.2. The highest BCUT2D eigenvalue weighted by atomic mass is 16.3. The van der Waals surface area contributed by atoms with Crippen molar-refractivity contribution in [3.63, 3.8) is 0 Å². The number of furan rings is 1. The van der Waals surface area contributed by atoms with E-state index in [1.54, 1.807) is 0 Å². The van der Waals surface area contributed by atoms with Crippen molar-refractivity contribution in [2.24, 2.45) is 0 Å². The molecule has 1 aliphatic rings. The number of rotatable bonds is 3. The molecule has 0 fully saturated rings. The molecule has 1 aliphatic carbocycles. The van der Waals surface area contributed by atoms with Crippen molar-refractivity contribution in [3.05, 3.63) is 169 Å². The van der Waals surface area contributed by atoms with Crippen molar-refractivity contribution >= 4 is 76.3 Å². The van der Waals surface area contributed by atoms with Gasteiger partial charge in [-0.2, -0.15) is 0 Å². The van der Waals surface area contributed by atoms with Crippen molar-refractivity contribution < 1.29 is 4.42 Å². The first-order chi connectivity index (χ1) is 27.7. The molecule has 0 N–H and O–H groups in total. The van der Waals surface area contributed by atoms with E-state index in [4.69, 9.17) is 4.42 Å². The average Bonchev–Trinajstić information content (AvgIpc) is 3.88. The fourth-order valence-corrected chi connectivity index (χ4v) is 10.2. The van der Waals surface area contributed by atoms with Crippen molar-refractivity contribution in [1.82, 2.24) is 9.13 Å². The molecule has 3 nitrogen and oxygen atoms in total. The lowest BCUT2D eigenvalue weighted by Gasteiger charge is -2.42. The summed E-state index contributed by atoms with van der Waals surface area (Å²) in [5, 5.41) is 10.0. The van der Waals surface area contributed by atoms with E-state index < -0.39 is 0 Å². The first-order valence-corrected chi connectivity index (χ1v) is 20.3. The largest absolute Gasteiger partial charge is 0.456 e. The third-order valence-electron chi connectivity index (χ3n) is 13.4. The number of benzene rings is 8. The number of hydrogen-bond donors (Lipinski definition) is 0. The van der Waals surface area contributed by atoms with E-state index in [0.29, 0.717) is 0 Å². The lowest BCUT2D eigenvalue weighted by Crippen LogP contribution is -2.33. The van der Waals surface area contributed by atoms with Crippen LogP contribution >= 0.6 is 0 Å². The van der Waals surface area contributed by atoms with Crippen LogP contribution in [-0.4, -0.2) is 9.13 Å². The second-order valence-corrected chi connectivity index (χ2v) is 17.6. The molecule has 3 heteroatoms. The Hall–Kier alpha value is -6.58. The van der Waals surface area contributed by atoms with Crippen molar-refractivity contribution in [1.29, 1.82) is 0 Å². The fraction of sp³-hybridized carbons (Fsp3) is 0.148. The minimum absolute atomic E-state index is 0.109. The van der Waals surface area contributed by atoms with Crippen LogP contribution in [0.1, 0.15) is 51.7 Å². The SMILES string of the molecule is CC1(C)CCC(C)(C)c2cc3c(cc21)c1cc2c4c5ccccc5ccc4n(-c4ccc(-c5ccc6c(c5)oc5ccccc56)cc4)c2cc1n3-c1ccccc1. The summed E-state index contributed by atoms with van der Waals surface area (Å²) in [6.45, 7) is 9.73. The highest BCUT2D eigenvalue weighted by Gasteiger charge is 2.38. The van der Waals surface area contributed by atoms with Crippen LogP contribution in [0.5, 0.6) is 0 Å². The Morgan fingerprint density at radius 1 is 0.404 bits per heavy atom. The van der Waals surface area contributed by atoms with Crippen LogP contribution in [0.4, 0.5) is 0 Å². The Bertz CT molecular complexity index is 3440. The van der Waals surface area contributed by atoms with Gasteiger partial charge in [0.2, 0.25) is 0 Å². The monoisotopic (exact) mass is 734 g/mol. The Balaban J connectivity index is 1.14.